The molecule has 0 bridgehead atoms. The molecular formula is C8H6F3N3O3S. The molecule has 3 N–H and O–H groups in total. The summed E-state index contributed by atoms with van der Waals surface area (Å²) >= 11 is 4.49. The highest BCUT2D eigenvalue weighted by Crippen LogP contribution is 2.33. The molecule has 98 valence electrons. The van der Waals surface area contributed by atoms with Gasteiger partial charge in [-0.15, -0.1) is 13.2 Å². The van der Waals surface area contributed by atoms with Gasteiger partial charge in [0, 0.05) is 11.8 Å². The van der Waals surface area contributed by atoms with Crippen molar-refractivity contribution in [3.05, 3.63) is 28.3 Å². The third-order valence-electron chi connectivity index (χ3n) is 1.65. The molecule has 0 spiro atoms. The number of rotatable bonds is 3. The van der Waals surface area contributed by atoms with Crippen LogP contribution in [-0.4, -0.2) is 16.4 Å². The van der Waals surface area contributed by atoms with Gasteiger partial charge in [0.15, 0.2) is 5.11 Å². The lowest BCUT2D eigenvalue weighted by Crippen LogP contribution is -2.20. The summed E-state index contributed by atoms with van der Waals surface area (Å²) in [6, 6.07) is 2.75. The number of nitro benzene ring substituents is 1. The van der Waals surface area contributed by atoms with E-state index >= 15 is 0 Å². The first-order valence-corrected chi connectivity index (χ1v) is 4.70. The number of hydrogen-bond donors (Lipinski definition) is 2. The molecule has 1 aromatic rings. The Bertz CT molecular complexity index is 492. The second kappa shape index (κ2) is 5.04. The zero-order valence-electron chi connectivity index (χ0n) is 8.52. The van der Waals surface area contributed by atoms with E-state index in [0.717, 1.165) is 18.2 Å². The fourth-order valence-corrected chi connectivity index (χ4v) is 1.21. The smallest absolute Gasteiger partial charge is 0.398 e. The van der Waals surface area contributed by atoms with Gasteiger partial charge >= 0.3 is 12.0 Å². The molecule has 1 rings (SSSR count). The van der Waals surface area contributed by atoms with E-state index in [1.54, 1.807) is 0 Å². The maximum absolute atomic E-state index is 12.0. The predicted molar refractivity (Wildman–Crippen MR) is 60.2 cm³/mol. The van der Waals surface area contributed by atoms with Crippen LogP contribution in [0.25, 0.3) is 0 Å². The van der Waals surface area contributed by atoms with E-state index in [2.05, 4.69) is 22.3 Å². The van der Waals surface area contributed by atoms with Crippen molar-refractivity contribution in [2.75, 3.05) is 5.32 Å². The Morgan fingerprint density at radius 3 is 2.56 bits per heavy atom. The highest BCUT2D eigenvalue weighted by Gasteiger charge is 2.34. The SMILES string of the molecule is NC(=S)Nc1ccc(OC(F)(F)F)c([N+](=O)[O-])c1. The van der Waals surface area contributed by atoms with E-state index in [1.807, 2.05) is 0 Å². The lowest BCUT2D eigenvalue weighted by atomic mass is 10.2. The van der Waals surface area contributed by atoms with Gasteiger partial charge in [-0.25, -0.2) is 0 Å². The second-order valence-electron chi connectivity index (χ2n) is 2.98. The quantitative estimate of drug-likeness (QED) is 0.501. The number of benzene rings is 1. The molecule has 0 amide bonds. The zero-order valence-corrected chi connectivity index (χ0v) is 9.34. The van der Waals surface area contributed by atoms with Crippen molar-refractivity contribution in [3.63, 3.8) is 0 Å². The molecule has 0 aliphatic carbocycles. The number of nitro groups is 1. The first kappa shape index (κ1) is 14.0. The molecule has 10 heteroatoms. The summed E-state index contributed by atoms with van der Waals surface area (Å²) in [5, 5.41) is 12.8. The summed E-state index contributed by atoms with van der Waals surface area (Å²) in [5.41, 5.74) is 4.36. The summed E-state index contributed by atoms with van der Waals surface area (Å²) in [4.78, 5) is 9.60. The minimum atomic E-state index is -5.01. The number of thiocarbonyl (C=S) groups is 1. The molecule has 0 aliphatic heterocycles. The first-order chi connectivity index (χ1) is 8.19. The lowest BCUT2D eigenvalue weighted by molar-refractivity contribution is -0.388. The average Bonchev–Trinajstić information content (AvgIpc) is 2.17. The van der Waals surface area contributed by atoms with Crippen LogP contribution in [0.1, 0.15) is 0 Å². The third kappa shape index (κ3) is 4.05. The van der Waals surface area contributed by atoms with Crippen LogP contribution in [-0.2, 0) is 0 Å². The van der Waals surface area contributed by atoms with Gasteiger partial charge in [0.05, 0.1) is 4.92 Å². The van der Waals surface area contributed by atoms with Crippen LogP contribution in [0.4, 0.5) is 24.5 Å². The van der Waals surface area contributed by atoms with Gasteiger partial charge in [-0.05, 0) is 24.4 Å². The van der Waals surface area contributed by atoms with E-state index in [1.165, 1.54) is 0 Å². The van der Waals surface area contributed by atoms with Gasteiger partial charge in [-0.1, -0.05) is 0 Å². The molecule has 0 heterocycles. The summed E-state index contributed by atoms with van der Waals surface area (Å²) in [6.45, 7) is 0. The monoisotopic (exact) mass is 281 g/mol. The maximum Gasteiger partial charge on any atom is 0.573 e. The van der Waals surface area contributed by atoms with Gasteiger partial charge in [0.25, 0.3) is 0 Å². The number of hydrogen-bond acceptors (Lipinski definition) is 4. The lowest BCUT2D eigenvalue weighted by Gasteiger charge is -2.10. The summed E-state index contributed by atoms with van der Waals surface area (Å²) < 4.78 is 39.5. The minimum absolute atomic E-state index is 0.0868. The Hall–Kier alpha value is -2.10. The number of nitrogens with one attached hydrogen (secondary N) is 1. The highest BCUT2D eigenvalue weighted by atomic mass is 32.1. The van der Waals surface area contributed by atoms with E-state index < -0.39 is 22.7 Å². The molecule has 0 atom stereocenters. The molecule has 0 saturated carbocycles. The van der Waals surface area contributed by atoms with Gasteiger partial charge < -0.3 is 15.8 Å². The van der Waals surface area contributed by atoms with Crippen LogP contribution >= 0.6 is 12.2 Å². The van der Waals surface area contributed by atoms with Crippen molar-refractivity contribution in [1.82, 2.24) is 0 Å². The molecule has 0 radical (unpaired) electrons. The van der Waals surface area contributed by atoms with E-state index in [9.17, 15) is 23.3 Å². The Morgan fingerprint density at radius 2 is 2.11 bits per heavy atom. The van der Waals surface area contributed by atoms with Crippen molar-refractivity contribution < 1.29 is 22.8 Å². The van der Waals surface area contributed by atoms with Crippen molar-refractivity contribution >= 4 is 28.7 Å². The molecule has 0 aromatic heterocycles. The third-order valence-corrected chi connectivity index (χ3v) is 1.75. The Balaban J connectivity index is 3.12. The summed E-state index contributed by atoms with van der Waals surface area (Å²) in [5.74, 6) is -0.916. The van der Waals surface area contributed by atoms with Crippen molar-refractivity contribution in [2.24, 2.45) is 5.73 Å². The molecule has 0 fully saturated rings. The number of nitrogens with zero attached hydrogens (tertiary/aromatic N) is 1. The van der Waals surface area contributed by atoms with Gasteiger partial charge in [-0.3, -0.25) is 10.1 Å². The number of alkyl halides is 3. The fourth-order valence-electron chi connectivity index (χ4n) is 1.09. The molecule has 0 aliphatic rings. The summed E-state index contributed by atoms with van der Waals surface area (Å²) in [6.07, 6.45) is -5.01. The Kier molecular flexibility index (Phi) is 3.91. The predicted octanol–water partition coefficient (Wildman–Crippen LogP) is 2.15. The maximum atomic E-state index is 12.0. The van der Waals surface area contributed by atoms with Crippen molar-refractivity contribution in [1.29, 1.82) is 0 Å². The Labute approximate surface area is 104 Å². The number of ether oxygens (including phenoxy) is 1. The van der Waals surface area contributed by atoms with Crippen LogP contribution in [0.2, 0.25) is 0 Å². The molecule has 0 saturated heterocycles. The van der Waals surface area contributed by atoms with Crippen molar-refractivity contribution in [2.45, 2.75) is 6.36 Å². The topological polar surface area (TPSA) is 90.4 Å². The standard InChI is InChI=1S/C8H6F3N3O3S/c9-8(10,11)17-6-2-1-4(13-7(12)18)3-5(6)14(15)16/h1-3H,(H3,12,13,18). The Morgan fingerprint density at radius 1 is 1.50 bits per heavy atom. The second-order valence-corrected chi connectivity index (χ2v) is 3.42. The normalized spacial score (nSPS) is 10.8. The van der Waals surface area contributed by atoms with E-state index in [0.29, 0.717) is 0 Å². The van der Waals surface area contributed by atoms with Crippen LogP contribution in [0, 0.1) is 10.1 Å². The van der Waals surface area contributed by atoms with E-state index in [4.69, 9.17) is 5.73 Å². The largest absolute Gasteiger partial charge is 0.573 e. The number of anilines is 1. The van der Waals surface area contributed by atoms with Crippen molar-refractivity contribution in [3.8, 4) is 5.75 Å². The fraction of sp³-hybridized carbons (Fsp3) is 0.125. The van der Waals surface area contributed by atoms with Gasteiger partial charge in [0.1, 0.15) is 0 Å². The highest BCUT2D eigenvalue weighted by molar-refractivity contribution is 7.80. The minimum Gasteiger partial charge on any atom is -0.398 e. The zero-order chi connectivity index (χ0) is 13.9. The number of halogens is 3. The van der Waals surface area contributed by atoms with Crippen LogP contribution < -0.4 is 15.8 Å². The van der Waals surface area contributed by atoms with E-state index in [-0.39, 0.29) is 10.8 Å². The van der Waals surface area contributed by atoms with Crippen LogP contribution in [0.3, 0.4) is 0 Å². The molecule has 6 nitrogen and oxygen atoms in total. The average molecular weight is 281 g/mol. The van der Waals surface area contributed by atoms with Crippen LogP contribution in [0.5, 0.6) is 5.75 Å². The van der Waals surface area contributed by atoms with Gasteiger partial charge in [-0.2, -0.15) is 0 Å². The summed E-state index contributed by atoms with van der Waals surface area (Å²) in [7, 11) is 0. The molecule has 1 aromatic carbocycles. The number of nitrogens with two attached hydrogens (primary N) is 1. The molecule has 18 heavy (non-hydrogen) atoms. The first-order valence-electron chi connectivity index (χ1n) is 4.29. The molecule has 0 unspecified atom stereocenters. The van der Waals surface area contributed by atoms with Crippen LogP contribution in [0.15, 0.2) is 18.2 Å². The van der Waals surface area contributed by atoms with Gasteiger partial charge in [0.2, 0.25) is 5.75 Å². The molecular weight excluding hydrogens is 275 g/mol.